The van der Waals surface area contributed by atoms with Gasteiger partial charge in [-0.1, -0.05) is 36.8 Å². The number of nitrogens with one attached hydrogen (secondary N) is 2. The highest BCUT2D eigenvalue weighted by Gasteiger charge is 2.07. The number of rotatable bonds is 5. The first-order valence-corrected chi connectivity index (χ1v) is 6.56. The number of anilines is 1. The molecule has 0 atom stereocenters. The maximum atomic E-state index is 11.9. The molecular formula is C15H19N3O. The van der Waals surface area contributed by atoms with E-state index in [2.05, 4.69) is 46.7 Å². The molecule has 1 amide bonds. The lowest BCUT2D eigenvalue weighted by Gasteiger charge is -2.05. The molecule has 0 fully saturated rings. The van der Waals surface area contributed by atoms with E-state index in [9.17, 15) is 4.79 Å². The van der Waals surface area contributed by atoms with Crippen LogP contribution in [0.25, 0.3) is 0 Å². The second-order valence-corrected chi connectivity index (χ2v) is 4.66. The van der Waals surface area contributed by atoms with E-state index in [0.29, 0.717) is 6.42 Å². The molecule has 1 aromatic heterocycles. The lowest BCUT2D eigenvalue weighted by atomic mass is 10.1. The topological polar surface area (TPSA) is 57.8 Å². The summed E-state index contributed by atoms with van der Waals surface area (Å²) in [5.41, 5.74) is 3.45. The standard InChI is InChI=1S/C15H19N3O/c1-3-13-10-16-18-15(13)17-14(19)9-8-12-6-4-11(2)5-7-12/h4-7,10H,3,8-9H2,1-2H3,(H2,16,17,18,19). The van der Waals surface area contributed by atoms with Crippen molar-refractivity contribution < 1.29 is 4.79 Å². The number of benzene rings is 1. The second kappa shape index (κ2) is 6.18. The molecule has 19 heavy (non-hydrogen) atoms. The fraction of sp³-hybridized carbons (Fsp3) is 0.333. The lowest BCUT2D eigenvalue weighted by Crippen LogP contribution is -2.13. The van der Waals surface area contributed by atoms with Crippen LogP contribution in [0.3, 0.4) is 0 Å². The van der Waals surface area contributed by atoms with Crippen LogP contribution in [0.15, 0.2) is 30.5 Å². The fourth-order valence-corrected chi connectivity index (χ4v) is 1.90. The number of aromatic amines is 1. The Morgan fingerprint density at radius 3 is 2.74 bits per heavy atom. The van der Waals surface area contributed by atoms with Crippen LogP contribution in [-0.2, 0) is 17.6 Å². The zero-order valence-corrected chi connectivity index (χ0v) is 11.4. The average Bonchev–Trinajstić information content (AvgIpc) is 2.85. The van der Waals surface area contributed by atoms with Crippen LogP contribution >= 0.6 is 0 Å². The van der Waals surface area contributed by atoms with E-state index in [-0.39, 0.29) is 5.91 Å². The van der Waals surface area contributed by atoms with E-state index in [1.165, 1.54) is 11.1 Å². The molecule has 1 heterocycles. The van der Waals surface area contributed by atoms with Gasteiger partial charge in [-0.25, -0.2) is 0 Å². The largest absolute Gasteiger partial charge is 0.311 e. The number of amides is 1. The van der Waals surface area contributed by atoms with Gasteiger partial charge < -0.3 is 5.32 Å². The molecular weight excluding hydrogens is 238 g/mol. The Morgan fingerprint density at radius 1 is 1.32 bits per heavy atom. The molecule has 2 N–H and O–H groups in total. The molecule has 2 aromatic rings. The van der Waals surface area contributed by atoms with E-state index < -0.39 is 0 Å². The molecule has 4 heteroatoms. The van der Waals surface area contributed by atoms with Crippen LogP contribution in [0.5, 0.6) is 0 Å². The molecule has 4 nitrogen and oxygen atoms in total. The molecule has 0 bridgehead atoms. The number of aryl methyl sites for hydroxylation is 3. The molecule has 0 spiro atoms. The van der Waals surface area contributed by atoms with Crippen LogP contribution in [0.1, 0.15) is 30.0 Å². The molecule has 2 rings (SSSR count). The van der Waals surface area contributed by atoms with Gasteiger partial charge in [-0.3, -0.25) is 9.89 Å². The first-order chi connectivity index (χ1) is 9.19. The van der Waals surface area contributed by atoms with Gasteiger partial charge in [0, 0.05) is 12.0 Å². The fourth-order valence-electron chi connectivity index (χ4n) is 1.90. The summed E-state index contributed by atoms with van der Waals surface area (Å²) in [5, 5.41) is 9.61. The van der Waals surface area contributed by atoms with Gasteiger partial charge in [0.1, 0.15) is 5.82 Å². The van der Waals surface area contributed by atoms with Crippen LogP contribution in [-0.4, -0.2) is 16.1 Å². The molecule has 0 aliphatic heterocycles. The predicted octanol–water partition coefficient (Wildman–Crippen LogP) is 2.85. The quantitative estimate of drug-likeness (QED) is 0.865. The Kier molecular flexibility index (Phi) is 4.34. The maximum absolute atomic E-state index is 11.9. The van der Waals surface area contributed by atoms with Crippen molar-refractivity contribution in [2.24, 2.45) is 0 Å². The van der Waals surface area contributed by atoms with E-state index in [0.717, 1.165) is 24.2 Å². The van der Waals surface area contributed by atoms with Gasteiger partial charge >= 0.3 is 0 Å². The number of hydrogen-bond donors (Lipinski definition) is 2. The number of hydrogen-bond acceptors (Lipinski definition) is 2. The predicted molar refractivity (Wildman–Crippen MR) is 76.1 cm³/mol. The minimum Gasteiger partial charge on any atom is -0.311 e. The summed E-state index contributed by atoms with van der Waals surface area (Å²) in [6.07, 6.45) is 3.83. The summed E-state index contributed by atoms with van der Waals surface area (Å²) in [7, 11) is 0. The highest BCUT2D eigenvalue weighted by atomic mass is 16.1. The highest BCUT2D eigenvalue weighted by Crippen LogP contribution is 2.12. The third-order valence-electron chi connectivity index (χ3n) is 3.12. The van der Waals surface area contributed by atoms with E-state index >= 15 is 0 Å². The van der Waals surface area contributed by atoms with Gasteiger partial charge in [0.25, 0.3) is 0 Å². The Bertz CT molecular complexity index is 543. The smallest absolute Gasteiger partial charge is 0.225 e. The van der Waals surface area contributed by atoms with Crippen molar-refractivity contribution in [3.63, 3.8) is 0 Å². The van der Waals surface area contributed by atoms with Gasteiger partial charge in [0.15, 0.2) is 0 Å². The third-order valence-corrected chi connectivity index (χ3v) is 3.12. The van der Waals surface area contributed by atoms with Crippen molar-refractivity contribution in [3.05, 3.63) is 47.2 Å². The minimum absolute atomic E-state index is 0.0134. The Morgan fingerprint density at radius 2 is 2.05 bits per heavy atom. The van der Waals surface area contributed by atoms with E-state index in [4.69, 9.17) is 0 Å². The molecule has 0 unspecified atom stereocenters. The molecule has 100 valence electrons. The van der Waals surface area contributed by atoms with Crippen molar-refractivity contribution in [2.45, 2.75) is 33.1 Å². The van der Waals surface area contributed by atoms with Gasteiger partial charge in [0.05, 0.1) is 6.20 Å². The van der Waals surface area contributed by atoms with Crippen LogP contribution in [0.4, 0.5) is 5.82 Å². The summed E-state index contributed by atoms with van der Waals surface area (Å²) in [6, 6.07) is 8.27. The number of H-pyrrole nitrogens is 1. The second-order valence-electron chi connectivity index (χ2n) is 4.66. The number of carbonyl (C=O) groups is 1. The van der Waals surface area contributed by atoms with E-state index in [1.54, 1.807) is 6.20 Å². The van der Waals surface area contributed by atoms with Crippen LogP contribution in [0.2, 0.25) is 0 Å². The van der Waals surface area contributed by atoms with Crippen molar-refractivity contribution in [1.82, 2.24) is 10.2 Å². The number of aromatic nitrogens is 2. The third kappa shape index (κ3) is 3.68. The normalized spacial score (nSPS) is 10.4. The van der Waals surface area contributed by atoms with Crippen LogP contribution < -0.4 is 5.32 Å². The zero-order valence-electron chi connectivity index (χ0n) is 11.4. The number of carbonyl (C=O) groups excluding carboxylic acids is 1. The summed E-state index contributed by atoms with van der Waals surface area (Å²) in [4.78, 5) is 11.9. The molecule has 0 aliphatic carbocycles. The van der Waals surface area contributed by atoms with Crippen molar-refractivity contribution in [1.29, 1.82) is 0 Å². The van der Waals surface area contributed by atoms with E-state index in [1.807, 2.05) is 6.92 Å². The molecule has 0 aliphatic rings. The first-order valence-electron chi connectivity index (χ1n) is 6.56. The van der Waals surface area contributed by atoms with Crippen molar-refractivity contribution in [3.8, 4) is 0 Å². The number of nitrogens with zero attached hydrogens (tertiary/aromatic N) is 1. The molecule has 1 aromatic carbocycles. The monoisotopic (exact) mass is 257 g/mol. The average molecular weight is 257 g/mol. The summed E-state index contributed by atoms with van der Waals surface area (Å²) in [6.45, 7) is 4.09. The maximum Gasteiger partial charge on any atom is 0.225 e. The Hall–Kier alpha value is -2.10. The molecule has 0 radical (unpaired) electrons. The lowest BCUT2D eigenvalue weighted by molar-refractivity contribution is -0.116. The van der Waals surface area contributed by atoms with Gasteiger partial charge in [-0.2, -0.15) is 5.10 Å². The summed E-state index contributed by atoms with van der Waals surface area (Å²) < 4.78 is 0. The minimum atomic E-state index is 0.0134. The van der Waals surface area contributed by atoms with Gasteiger partial charge in [-0.05, 0) is 25.3 Å². The zero-order chi connectivity index (χ0) is 13.7. The Balaban J connectivity index is 1.86. The molecule has 0 saturated carbocycles. The van der Waals surface area contributed by atoms with Gasteiger partial charge in [0.2, 0.25) is 5.91 Å². The van der Waals surface area contributed by atoms with Crippen molar-refractivity contribution >= 4 is 11.7 Å². The first kappa shape index (κ1) is 13.3. The highest BCUT2D eigenvalue weighted by molar-refractivity contribution is 5.90. The van der Waals surface area contributed by atoms with Crippen molar-refractivity contribution in [2.75, 3.05) is 5.32 Å². The van der Waals surface area contributed by atoms with Crippen LogP contribution in [0, 0.1) is 6.92 Å². The summed E-state index contributed by atoms with van der Waals surface area (Å²) in [5.74, 6) is 0.732. The SMILES string of the molecule is CCc1cn[nH]c1NC(=O)CCc1ccc(C)cc1. The molecule has 0 saturated heterocycles. The Labute approximate surface area is 113 Å². The summed E-state index contributed by atoms with van der Waals surface area (Å²) >= 11 is 0. The van der Waals surface area contributed by atoms with Gasteiger partial charge in [-0.15, -0.1) is 0 Å².